The molecule has 15 heteroatoms. The van der Waals surface area contributed by atoms with E-state index in [2.05, 4.69) is 26.6 Å². The number of rotatable bonds is 18. The summed E-state index contributed by atoms with van der Waals surface area (Å²) in [6.45, 7) is 11.6. The predicted molar refractivity (Wildman–Crippen MR) is 190 cm³/mol. The van der Waals surface area contributed by atoms with Crippen molar-refractivity contribution < 1.29 is 48.6 Å². The van der Waals surface area contributed by atoms with Crippen LogP contribution in [0.4, 0.5) is 0 Å². The smallest absolute Gasteiger partial charge is 0.335 e. The Hall–Kier alpha value is -5.60. The summed E-state index contributed by atoms with van der Waals surface area (Å²) in [5, 5.41) is 31.2. The minimum Gasteiger partial charge on any atom is -0.479 e. The van der Waals surface area contributed by atoms with Gasteiger partial charge in [-0.3, -0.25) is 28.8 Å². The Morgan fingerprint density at radius 1 is 0.750 bits per heavy atom. The fourth-order valence-corrected chi connectivity index (χ4v) is 5.04. The molecule has 0 bridgehead atoms. The maximum Gasteiger partial charge on any atom is 0.335 e. The van der Waals surface area contributed by atoms with E-state index >= 15 is 0 Å². The molecule has 0 aromatic heterocycles. The van der Waals surface area contributed by atoms with Crippen molar-refractivity contribution in [2.45, 2.75) is 97.3 Å². The van der Waals surface area contributed by atoms with E-state index in [1.807, 2.05) is 20.8 Å². The number of carbonyl (C=O) groups excluding carboxylic acids is 6. The SMILES string of the molecule is CCCC(NC(=O)[C@H](CC(C)C)NC(=O)[C@H](C)NC(=O)c1cc(C(=O)O)cc(C(C)(C)C)c1)C(=O)C(=O)NCC(=O)N[C@H](C(=O)O)c1ccccc1. The number of hydrogen-bond acceptors (Lipinski definition) is 8. The van der Waals surface area contributed by atoms with Gasteiger partial charge in [-0.25, -0.2) is 9.59 Å². The van der Waals surface area contributed by atoms with Gasteiger partial charge in [0.1, 0.15) is 12.1 Å². The Morgan fingerprint density at radius 2 is 1.35 bits per heavy atom. The van der Waals surface area contributed by atoms with Crippen LogP contribution < -0.4 is 26.6 Å². The molecule has 0 saturated carbocycles. The Morgan fingerprint density at radius 3 is 1.88 bits per heavy atom. The van der Waals surface area contributed by atoms with Crippen molar-refractivity contribution in [3.8, 4) is 0 Å². The van der Waals surface area contributed by atoms with Gasteiger partial charge in [0, 0.05) is 5.56 Å². The largest absolute Gasteiger partial charge is 0.479 e. The van der Waals surface area contributed by atoms with E-state index < -0.39 is 83.4 Å². The maximum atomic E-state index is 13.4. The molecule has 2 aromatic rings. The van der Waals surface area contributed by atoms with Gasteiger partial charge in [0.05, 0.1) is 18.2 Å². The van der Waals surface area contributed by atoms with Gasteiger partial charge in [0.15, 0.2) is 6.04 Å². The van der Waals surface area contributed by atoms with Crippen LogP contribution in [0.5, 0.6) is 0 Å². The zero-order valence-corrected chi connectivity index (χ0v) is 30.5. The molecular formula is C37H49N5O10. The van der Waals surface area contributed by atoms with Gasteiger partial charge < -0.3 is 36.8 Å². The Labute approximate surface area is 302 Å². The third-order valence-corrected chi connectivity index (χ3v) is 7.92. The van der Waals surface area contributed by atoms with Crippen molar-refractivity contribution in [3.05, 3.63) is 70.8 Å². The van der Waals surface area contributed by atoms with Gasteiger partial charge in [0.25, 0.3) is 11.8 Å². The summed E-state index contributed by atoms with van der Waals surface area (Å²) in [6.07, 6.45) is 0.575. The van der Waals surface area contributed by atoms with Crippen LogP contribution in [0.25, 0.3) is 0 Å². The Kier molecular flexibility index (Phi) is 15.7. The predicted octanol–water partition coefficient (Wildman–Crippen LogP) is 2.24. The minimum atomic E-state index is -1.39. The highest BCUT2D eigenvalue weighted by Gasteiger charge is 2.32. The fourth-order valence-electron chi connectivity index (χ4n) is 5.04. The molecule has 0 spiro atoms. The number of ketones is 1. The number of hydrogen-bond donors (Lipinski definition) is 7. The molecular weight excluding hydrogens is 674 g/mol. The fraction of sp³-hybridized carbons (Fsp3) is 0.459. The molecule has 0 saturated heterocycles. The highest BCUT2D eigenvalue weighted by molar-refractivity contribution is 6.38. The van der Waals surface area contributed by atoms with Crippen molar-refractivity contribution in [2.24, 2.45) is 5.92 Å². The zero-order chi connectivity index (χ0) is 39.3. The summed E-state index contributed by atoms with van der Waals surface area (Å²) in [4.78, 5) is 101. The monoisotopic (exact) mass is 723 g/mol. The zero-order valence-electron chi connectivity index (χ0n) is 30.5. The molecule has 52 heavy (non-hydrogen) atoms. The van der Waals surface area contributed by atoms with Crippen LogP contribution in [0.1, 0.15) is 106 Å². The molecule has 0 aliphatic carbocycles. The van der Waals surface area contributed by atoms with E-state index in [1.165, 1.54) is 31.2 Å². The summed E-state index contributed by atoms with van der Waals surface area (Å²) in [7, 11) is 0. The van der Waals surface area contributed by atoms with Gasteiger partial charge in [-0.2, -0.15) is 0 Å². The average Bonchev–Trinajstić information content (AvgIpc) is 3.07. The number of carbonyl (C=O) groups is 8. The highest BCUT2D eigenvalue weighted by atomic mass is 16.4. The highest BCUT2D eigenvalue weighted by Crippen LogP contribution is 2.25. The van der Waals surface area contributed by atoms with Crippen molar-refractivity contribution in [1.82, 2.24) is 26.6 Å². The molecule has 15 nitrogen and oxygen atoms in total. The number of aliphatic carboxylic acids is 1. The number of amides is 5. The molecule has 0 aliphatic heterocycles. The summed E-state index contributed by atoms with van der Waals surface area (Å²) in [5.41, 5.74) is 0.381. The van der Waals surface area contributed by atoms with E-state index in [0.29, 0.717) is 17.5 Å². The van der Waals surface area contributed by atoms with Crippen molar-refractivity contribution in [2.75, 3.05) is 6.54 Å². The van der Waals surface area contributed by atoms with Crippen LogP contribution in [0.15, 0.2) is 48.5 Å². The van der Waals surface area contributed by atoms with E-state index in [-0.39, 0.29) is 29.9 Å². The third kappa shape index (κ3) is 12.9. The standard InChI is InChI=1S/C37H49N5O10/c1-8-12-26(30(44)34(48)38-19-28(43)42-29(36(51)52)22-13-10-9-11-14-22)40-33(47)27(15-20(2)3)41-31(45)21(4)39-32(46)23-16-24(35(49)50)18-25(17-23)37(5,6)7/h9-11,13-14,16-18,20-21,26-27,29H,8,12,15,19H2,1-7H3,(H,38,48)(H,39,46)(H,40,47)(H,41,45)(H,42,43)(H,49,50)(H,51,52)/t21-,26?,27-,29-/m0/s1. The number of carboxylic acids is 2. The molecule has 0 radical (unpaired) electrons. The third-order valence-electron chi connectivity index (χ3n) is 7.92. The number of Topliss-reactive ketones (excluding diaryl/α,β-unsaturated/α-hetero) is 1. The first kappa shape index (κ1) is 42.6. The van der Waals surface area contributed by atoms with Crippen molar-refractivity contribution >= 4 is 47.3 Å². The molecule has 7 N–H and O–H groups in total. The number of aromatic carboxylic acids is 1. The maximum absolute atomic E-state index is 13.4. The molecule has 2 aromatic carbocycles. The first-order chi connectivity index (χ1) is 24.2. The second-order valence-electron chi connectivity index (χ2n) is 13.9. The summed E-state index contributed by atoms with van der Waals surface area (Å²) in [5.74, 6) is -7.92. The van der Waals surface area contributed by atoms with E-state index in [1.54, 1.807) is 45.0 Å². The lowest BCUT2D eigenvalue weighted by Crippen LogP contribution is -2.56. The lowest BCUT2D eigenvalue weighted by molar-refractivity contribution is -0.142. The first-order valence-corrected chi connectivity index (χ1v) is 16.9. The number of carboxylic acid groups (broad SMARTS) is 2. The van der Waals surface area contributed by atoms with Crippen LogP contribution in [-0.2, 0) is 34.2 Å². The van der Waals surface area contributed by atoms with Gasteiger partial charge in [-0.05, 0) is 60.4 Å². The number of benzene rings is 2. The van der Waals surface area contributed by atoms with Crippen LogP contribution in [0.2, 0.25) is 0 Å². The van der Waals surface area contributed by atoms with E-state index in [9.17, 15) is 48.6 Å². The van der Waals surface area contributed by atoms with Crippen LogP contribution >= 0.6 is 0 Å². The van der Waals surface area contributed by atoms with Gasteiger partial charge in [-0.1, -0.05) is 78.3 Å². The molecule has 5 amide bonds. The van der Waals surface area contributed by atoms with Crippen molar-refractivity contribution in [3.63, 3.8) is 0 Å². The van der Waals surface area contributed by atoms with Gasteiger partial charge >= 0.3 is 11.9 Å². The van der Waals surface area contributed by atoms with Crippen LogP contribution in [0, 0.1) is 5.92 Å². The van der Waals surface area contributed by atoms with Crippen LogP contribution in [-0.4, -0.2) is 82.1 Å². The lowest BCUT2D eigenvalue weighted by Gasteiger charge is -2.25. The molecule has 4 atom stereocenters. The minimum absolute atomic E-state index is 0.0375. The number of nitrogens with one attached hydrogen (secondary N) is 5. The average molecular weight is 724 g/mol. The summed E-state index contributed by atoms with van der Waals surface area (Å²) < 4.78 is 0. The van der Waals surface area contributed by atoms with Crippen molar-refractivity contribution in [1.29, 1.82) is 0 Å². The van der Waals surface area contributed by atoms with Gasteiger partial charge in [-0.15, -0.1) is 0 Å². The molecule has 0 heterocycles. The first-order valence-electron chi connectivity index (χ1n) is 16.9. The molecule has 0 fully saturated rings. The lowest BCUT2D eigenvalue weighted by atomic mass is 9.85. The second kappa shape index (κ2) is 19.1. The Balaban J connectivity index is 2.10. The van der Waals surface area contributed by atoms with Crippen LogP contribution in [0.3, 0.4) is 0 Å². The molecule has 0 aliphatic rings. The van der Waals surface area contributed by atoms with E-state index in [0.717, 1.165) is 0 Å². The van der Waals surface area contributed by atoms with Gasteiger partial charge in [0.2, 0.25) is 23.5 Å². The molecule has 1 unspecified atom stereocenters. The summed E-state index contributed by atoms with van der Waals surface area (Å²) in [6, 6.07) is 7.11. The normalized spacial score (nSPS) is 13.5. The molecule has 2 rings (SSSR count). The quantitative estimate of drug-likeness (QED) is 0.111. The Bertz CT molecular complexity index is 1650. The molecule has 282 valence electrons. The second-order valence-corrected chi connectivity index (χ2v) is 13.9. The topological polar surface area (TPSA) is 237 Å². The summed E-state index contributed by atoms with van der Waals surface area (Å²) >= 11 is 0. The van der Waals surface area contributed by atoms with E-state index in [4.69, 9.17) is 0 Å².